The summed E-state index contributed by atoms with van der Waals surface area (Å²) in [5.74, 6) is 8.36. The van der Waals surface area contributed by atoms with Gasteiger partial charge in [0.15, 0.2) is 23.3 Å². The maximum absolute atomic E-state index is 4.89. The van der Waals surface area contributed by atoms with Gasteiger partial charge in [-0.05, 0) is 143 Å². The number of para-hydroxylation sites is 6. The van der Waals surface area contributed by atoms with Crippen molar-refractivity contribution in [1.29, 1.82) is 0 Å². The number of hydrogen-bond donors (Lipinski definition) is 0. The molecule has 18 aromatic carbocycles. The molecule has 0 amide bonds. The quantitative estimate of drug-likeness (QED) is 0.0962. The highest BCUT2D eigenvalue weighted by molar-refractivity contribution is 6.11. The fourth-order valence-electron chi connectivity index (χ4n) is 18.8. The molecule has 0 aliphatic carbocycles. The lowest BCUT2D eigenvalue weighted by molar-refractivity contribution is 0.940. The summed E-state index contributed by atoms with van der Waals surface area (Å²) in [6.45, 7) is 7.72. The number of fused-ring (bicyclic) bond motifs is 9. The SMILES string of the molecule is C.Cc1nc(-c2ccc(-c3ccccc3)cc2)nc(-c2ccc(-c3ccccc3)cc2)n1.Cc1nc(-c2ccccc2)cc(-n2c3ccccc3c3ccccc32)n1.Cc1nc(-c2ccccc2)nc(-c2ccc(-c3ccccc3)cc2)n1.Cc1nc(-n2c3ccccc3c3ccccc32)cc(-n2c3ccccc3c3ccccc32)n1.c1ccc(-c2ccc(-c3ccnc(-c4ccc(-c5ccccc5)cc4)c3)cc2)cc1. The first kappa shape index (κ1) is 93.0. The van der Waals surface area contributed by atoms with E-state index in [9.17, 15) is 0 Å². The number of aromatic nitrogens is 14. The third-order valence-corrected chi connectivity index (χ3v) is 25.8. The number of benzene rings is 18. The van der Waals surface area contributed by atoms with Crippen molar-refractivity contribution in [3.05, 3.63) is 533 Å². The van der Waals surface area contributed by atoms with Crippen LogP contribution in [-0.2, 0) is 0 Å². The Morgan fingerprint density at radius 1 is 0.144 bits per heavy atom. The van der Waals surface area contributed by atoms with Gasteiger partial charge in [0.1, 0.15) is 40.8 Å². The lowest BCUT2D eigenvalue weighted by Crippen LogP contribution is -2.06. The number of rotatable bonds is 15. The second-order valence-corrected chi connectivity index (χ2v) is 35.3. The highest BCUT2D eigenvalue weighted by atomic mass is 15.1. The summed E-state index contributed by atoms with van der Waals surface area (Å²) in [6.07, 6.45) is 1.89. The Balaban J connectivity index is 0.000000107. The fraction of sp³-hybridized carbons (Fsp3) is 0.0379. The molecule has 14 heteroatoms. The van der Waals surface area contributed by atoms with Crippen LogP contribution in [0.5, 0.6) is 0 Å². The Bertz CT molecular complexity index is 8530. The van der Waals surface area contributed by atoms with Crippen molar-refractivity contribution in [3.8, 4) is 152 Å². The van der Waals surface area contributed by atoms with E-state index in [1.165, 1.54) is 99.1 Å². The Hall–Kier alpha value is -19.3. The summed E-state index contributed by atoms with van der Waals surface area (Å²) >= 11 is 0. The van der Waals surface area contributed by atoms with Gasteiger partial charge in [-0.3, -0.25) is 18.7 Å². The maximum atomic E-state index is 4.89. The largest absolute Gasteiger partial charge is 0.294 e. The second-order valence-electron chi connectivity index (χ2n) is 35.3. The van der Waals surface area contributed by atoms with E-state index in [1.54, 1.807) is 0 Å². The van der Waals surface area contributed by atoms with E-state index in [4.69, 9.17) is 19.9 Å². The predicted octanol–water partition coefficient (Wildman–Crippen LogP) is 32.9. The van der Waals surface area contributed by atoms with Crippen LogP contribution < -0.4 is 0 Å². The predicted molar refractivity (Wildman–Crippen MR) is 602 cm³/mol. The van der Waals surface area contributed by atoms with E-state index in [0.29, 0.717) is 29.1 Å². The van der Waals surface area contributed by atoms with Gasteiger partial charge in [0, 0.05) is 84.0 Å². The number of nitrogens with zero attached hydrogens (tertiary/aromatic N) is 14. The molecular formula is C132H100N14. The molecule has 0 bridgehead atoms. The highest BCUT2D eigenvalue weighted by Crippen LogP contribution is 2.39. The molecule has 0 N–H and O–H groups in total. The van der Waals surface area contributed by atoms with E-state index < -0.39 is 0 Å². The van der Waals surface area contributed by atoms with Gasteiger partial charge in [-0.25, -0.2) is 49.8 Å². The molecule has 0 aliphatic heterocycles. The Morgan fingerprint density at radius 3 is 0.616 bits per heavy atom. The molecule has 0 saturated carbocycles. The summed E-state index contributed by atoms with van der Waals surface area (Å²) in [5, 5.41) is 7.37. The van der Waals surface area contributed by atoms with E-state index >= 15 is 0 Å². The van der Waals surface area contributed by atoms with Crippen molar-refractivity contribution in [2.75, 3.05) is 0 Å². The van der Waals surface area contributed by atoms with Crippen molar-refractivity contribution < 1.29 is 0 Å². The Morgan fingerprint density at radius 2 is 0.336 bits per heavy atom. The number of hydrogen-bond acceptors (Lipinski definition) is 11. The van der Waals surface area contributed by atoms with Crippen LogP contribution in [0.1, 0.15) is 30.7 Å². The summed E-state index contributed by atoms with van der Waals surface area (Å²) in [7, 11) is 0. The van der Waals surface area contributed by atoms with Crippen LogP contribution in [0.25, 0.3) is 218 Å². The van der Waals surface area contributed by atoms with E-state index in [2.05, 4.69) is 437 Å². The molecule has 0 fully saturated rings. The molecule has 0 unspecified atom stereocenters. The molecule has 26 rings (SSSR count). The van der Waals surface area contributed by atoms with Gasteiger partial charge >= 0.3 is 0 Å². The van der Waals surface area contributed by atoms with Gasteiger partial charge in [-0.1, -0.05) is 450 Å². The Labute approximate surface area is 848 Å². The average Bonchev–Trinajstić information content (AvgIpc) is 1.60. The van der Waals surface area contributed by atoms with E-state index in [1.807, 2.05) is 149 Å². The summed E-state index contributed by atoms with van der Waals surface area (Å²) in [4.78, 5) is 51.3. The topological polar surface area (TPSA) is 157 Å². The zero-order valence-corrected chi connectivity index (χ0v) is 80.3. The number of aryl methyl sites for hydroxylation is 4. The molecule has 8 heterocycles. The summed E-state index contributed by atoms with van der Waals surface area (Å²) in [6, 6.07) is 174. The Kier molecular flexibility index (Phi) is 27.3. The van der Waals surface area contributed by atoms with E-state index in [-0.39, 0.29) is 7.43 Å². The van der Waals surface area contributed by atoms with Gasteiger partial charge in [-0.2, -0.15) is 0 Å². The minimum absolute atomic E-state index is 0. The van der Waals surface area contributed by atoms with E-state index in [0.717, 1.165) is 113 Å². The molecular weight excluding hydrogens is 1780 g/mol. The van der Waals surface area contributed by atoms with Crippen molar-refractivity contribution >= 4 is 65.4 Å². The second kappa shape index (κ2) is 42.8. The zero-order chi connectivity index (χ0) is 97.7. The molecule has 0 atom stereocenters. The smallest absolute Gasteiger partial charge is 0.163 e. The zero-order valence-electron chi connectivity index (χ0n) is 80.3. The van der Waals surface area contributed by atoms with Gasteiger partial charge < -0.3 is 0 Å². The van der Waals surface area contributed by atoms with Crippen molar-refractivity contribution in [3.63, 3.8) is 0 Å². The minimum Gasteiger partial charge on any atom is -0.294 e. The number of pyridine rings is 1. The van der Waals surface area contributed by atoms with Crippen LogP contribution >= 0.6 is 0 Å². The van der Waals surface area contributed by atoms with Crippen LogP contribution in [0.4, 0.5) is 0 Å². The van der Waals surface area contributed by atoms with Crippen LogP contribution in [0.3, 0.4) is 0 Å². The summed E-state index contributed by atoms with van der Waals surface area (Å²) in [5.41, 5.74) is 29.4. The van der Waals surface area contributed by atoms with Crippen LogP contribution in [0, 0.1) is 27.7 Å². The van der Waals surface area contributed by atoms with Crippen LogP contribution in [0.15, 0.2) is 510 Å². The van der Waals surface area contributed by atoms with Gasteiger partial charge in [0.25, 0.3) is 0 Å². The standard InChI is InChI=1S/C29H20N4.C29H21N.C28H21N3.C23H17N3.C22H17N3.CH4/c1-19-30-28(32-24-14-6-2-10-20(24)21-11-3-7-15-25(21)32)18-29(31-19)33-26-16-8-4-12-22(26)23-13-5-9-17-27(23)33;1-3-7-22(8-4-1)24-11-13-26(14-12-24)28-19-20-30-29(21-28)27-17-15-25(16-18-27)23-9-5-2-6-10-23;1-20-29-27(25-16-12-23(13-17-25)21-8-4-2-5-9-21)31-28(30-20)26-18-14-24(15-19-26)22-10-6-3-7-11-22;1-16-24-20(17-9-3-2-4-10-17)15-23(25-16)26-21-13-7-5-11-18(21)19-12-6-8-14-22(19)26;1-16-23-21(19-10-6-3-7-11-19)25-22(24-16)20-14-12-18(13-15-20)17-8-4-2-5-9-17;/h2-18H,1H3;1-21H;2-19H,1H3;2-15H,1H3;2-15H,1H3;1H4. The maximum Gasteiger partial charge on any atom is 0.163 e. The van der Waals surface area contributed by atoms with Crippen molar-refractivity contribution in [2.45, 2.75) is 35.1 Å². The third kappa shape index (κ3) is 20.3. The summed E-state index contributed by atoms with van der Waals surface area (Å²) < 4.78 is 6.72. The van der Waals surface area contributed by atoms with Gasteiger partial charge in [-0.15, -0.1) is 0 Å². The molecule has 146 heavy (non-hydrogen) atoms. The van der Waals surface area contributed by atoms with Crippen LogP contribution in [-0.4, -0.2) is 68.5 Å². The first-order valence-electron chi connectivity index (χ1n) is 48.5. The van der Waals surface area contributed by atoms with Crippen LogP contribution in [0.2, 0.25) is 0 Å². The van der Waals surface area contributed by atoms with Gasteiger partial charge in [0.2, 0.25) is 0 Å². The average molecular weight is 1880 g/mol. The third-order valence-electron chi connectivity index (χ3n) is 25.8. The minimum atomic E-state index is 0. The lowest BCUT2D eigenvalue weighted by Gasteiger charge is -2.12. The van der Waals surface area contributed by atoms with Crippen molar-refractivity contribution in [1.82, 2.24) is 68.5 Å². The van der Waals surface area contributed by atoms with Crippen molar-refractivity contribution in [2.24, 2.45) is 0 Å². The molecule has 0 aliphatic rings. The first-order chi connectivity index (χ1) is 71.5. The molecule has 0 saturated heterocycles. The normalized spacial score (nSPS) is 11.0. The molecule has 0 spiro atoms. The molecule has 698 valence electrons. The van der Waals surface area contributed by atoms with Gasteiger partial charge in [0.05, 0.1) is 44.5 Å². The molecule has 26 aromatic rings. The highest BCUT2D eigenvalue weighted by Gasteiger charge is 2.21. The first-order valence-corrected chi connectivity index (χ1v) is 48.5. The fourth-order valence-corrected chi connectivity index (χ4v) is 18.8. The molecule has 14 nitrogen and oxygen atoms in total. The molecule has 0 radical (unpaired) electrons. The monoisotopic (exact) mass is 1880 g/mol. The molecule has 8 aromatic heterocycles. The lowest BCUT2D eigenvalue weighted by atomic mass is 9.99.